The van der Waals surface area contributed by atoms with Crippen LogP contribution in [0.5, 0.6) is 0 Å². The van der Waals surface area contributed by atoms with Crippen molar-refractivity contribution in [1.82, 2.24) is 0 Å². The normalized spacial score (nSPS) is 12.4. The summed E-state index contributed by atoms with van der Waals surface area (Å²) >= 11 is 0. The van der Waals surface area contributed by atoms with Crippen LogP contribution in [0, 0.1) is 0 Å². The first kappa shape index (κ1) is 44.2. The first-order chi connectivity index (χ1) is 40.7. The summed E-state index contributed by atoms with van der Waals surface area (Å²) in [6, 6.07) is 106. The molecule has 0 bridgehead atoms. The molecule has 0 nitrogen and oxygen atoms in total. The van der Waals surface area contributed by atoms with Crippen molar-refractivity contribution in [1.29, 1.82) is 0 Å². The summed E-state index contributed by atoms with van der Waals surface area (Å²) in [7, 11) is 0. The van der Waals surface area contributed by atoms with Crippen LogP contribution in [0.15, 0.2) is 279 Å². The molecule has 1 aliphatic carbocycles. The SMILES string of the molecule is c1ccc(-c2cc(-c3ccccc3)cc(-c3c4cc5c(cc4c(-c4cc(-c6ccccc6)cc(-c6ccccc6)c4)c4c6ccc7c8ccc9c%10c(ccc(c%11ccc(c34)c6c%117)c%108)-c3ccccc3-9)c3cccc4cccc5c43)c2)cc1. The van der Waals surface area contributed by atoms with Gasteiger partial charge in [-0.1, -0.05) is 231 Å². The van der Waals surface area contributed by atoms with Gasteiger partial charge in [-0.05, 0) is 245 Å². The summed E-state index contributed by atoms with van der Waals surface area (Å²) in [6.07, 6.45) is 0. The summed E-state index contributed by atoms with van der Waals surface area (Å²) in [5.41, 5.74) is 19.8. The topological polar surface area (TPSA) is 0 Å². The second-order valence-electron chi connectivity index (χ2n) is 22.9. The molecule has 0 heteroatoms. The lowest BCUT2D eigenvalue weighted by Crippen LogP contribution is -1.93. The fraction of sp³-hybridized carbons (Fsp3) is 0. The van der Waals surface area contributed by atoms with Crippen molar-refractivity contribution in [2.45, 2.75) is 0 Å². The average molecular weight is 1030 g/mol. The van der Waals surface area contributed by atoms with Crippen LogP contribution in [0.25, 0.3) is 197 Å². The fourth-order valence-electron chi connectivity index (χ4n) is 15.3. The zero-order valence-electron chi connectivity index (χ0n) is 44.6. The minimum Gasteiger partial charge on any atom is -0.0622 e. The number of fused-ring (bicyclic) bond motifs is 12. The minimum atomic E-state index is 1.19. The van der Waals surface area contributed by atoms with Gasteiger partial charge < -0.3 is 0 Å². The molecular weight excluding hydrogens is 985 g/mol. The Morgan fingerprint density at radius 3 is 0.854 bits per heavy atom. The molecule has 0 saturated carbocycles. The Morgan fingerprint density at radius 1 is 0.134 bits per heavy atom. The van der Waals surface area contributed by atoms with E-state index in [2.05, 4.69) is 279 Å². The molecule has 18 aromatic rings. The second kappa shape index (κ2) is 16.5. The van der Waals surface area contributed by atoms with Gasteiger partial charge >= 0.3 is 0 Å². The van der Waals surface area contributed by atoms with Crippen LogP contribution in [-0.2, 0) is 0 Å². The molecule has 0 saturated heterocycles. The number of hydrogen-bond donors (Lipinski definition) is 0. The van der Waals surface area contributed by atoms with Crippen LogP contribution >= 0.6 is 0 Å². The van der Waals surface area contributed by atoms with E-state index in [9.17, 15) is 0 Å². The van der Waals surface area contributed by atoms with Gasteiger partial charge in [-0.3, -0.25) is 0 Å². The fourth-order valence-corrected chi connectivity index (χ4v) is 15.3. The first-order valence-corrected chi connectivity index (χ1v) is 28.7. The zero-order chi connectivity index (χ0) is 53.3. The van der Waals surface area contributed by atoms with E-state index in [0.717, 1.165) is 0 Å². The standard InChI is InChI=1S/C82H46/c1-5-17-47(18-6-1)52-39-53(48-19-7-2-8-20-48)42-56(41-52)75-72-45-70-60-29-15-25-51-26-16-30-61(74(51)60)71(70)46-73(72)76(57-43-54(49-21-9-3-10-22-49)40-55(44-57)50-23-11-4-12-24-50)82-69-38-36-67-65-34-32-63-59-28-14-13-27-58(59)62-31-33-64(78(65)77(62)63)66-35-37-68(81(75)82)80(69)79(66)67/h1-46H. The molecule has 0 N–H and O–H groups in total. The number of hydrogen-bond acceptors (Lipinski definition) is 0. The van der Waals surface area contributed by atoms with E-state index in [1.54, 1.807) is 0 Å². The van der Waals surface area contributed by atoms with Gasteiger partial charge in [0.2, 0.25) is 0 Å². The monoisotopic (exact) mass is 1030 g/mol. The first-order valence-electron chi connectivity index (χ1n) is 28.7. The maximum Gasteiger partial charge on any atom is -0.000739 e. The van der Waals surface area contributed by atoms with E-state index in [0.29, 0.717) is 0 Å². The maximum absolute atomic E-state index is 2.59. The van der Waals surface area contributed by atoms with Crippen molar-refractivity contribution >= 4 is 108 Å². The van der Waals surface area contributed by atoms with Crippen LogP contribution in [0.4, 0.5) is 0 Å². The number of rotatable bonds is 6. The third-order valence-electron chi connectivity index (χ3n) is 18.8. The van der Waals surface area contributed by atoms with Gasteiger partial charge in [0.05, 0.1) is 0 Å². The Labute approximate surface area is 473 Å². The predicted octanol–water partition coefficient (Wildman–Crippen LogP) is 23.2. The van der Waals surface area contributed by atoms with Gasteiger partial charge in [0.15, 0.2) is 0 Å². The Hall–Kier alpha value is -10.7. The van der Waals surface area contributed by atoms with Gasteiger partial charge in [0.1, 0.15) is 0 Å². The van der Waals surface area contributed by atoms with Gasteiger partial charge in [0.25, 0.3) is 0 Å². The molecule has 19 rings (SSSR count). The lowest BCUT2D eigenvalue weighted by molar-refractivity contribution is 1.58. The maximum atomic E-state index is 2.59. The highest BCUT2D eigenvalue weighted by Gasteiger charge is 2.30. The van der Waals surface area contributed by atoms with Crippen molar-refractivity contribution < 1.29 is 0 Å². The van der Waals surface area contributed by atoms with Crippen LogP contribution in [-0.4, -0.2) is 0 Å². The minimum absolute atomic E-state index is 1.19. The van der Waals surface area contributed by atoms with Gasteiger partial charge in [-0.2, -0.15) is 0 Å². The predicted molar refractivity (Wildman–Crippen MR) is 352 cm³/mol. The summed E-state index contributed by atoms with van der Waals surface area (Å²) < 4.78 is 0. The van der Waals surface area contributed by atoms with E-state index in [1.165, 1.54) is 197 Å². The largest absolute Gasteiger partial charge is 0.0622 e. The quantitative estimate of drug-likeness (QED) is 0.115. The third-order valence-corrected chi connectivity index (χ3v) is 18.8. The Morgan fingerprint density at radius 2 is 0.451 bits per heavy atom. The summed E-state index contributed by atoms with van der Waals surface area (Å²) in [4.78, 5) is 0. The van der Waals surface area contributed by atoms with Gasteiger partial charge in [0, 0.05) is 0 Å². The van der Waals surface area contributed by atoms with Crippen LogP contribution in [0.1, 0.15) is 0 Å². The molecule has 0 aromatic heterocycles. The summed E-state index contributed by atoms with van der Waals surface area (Å²) in [6.45, 7) is 0. The molecule has 82 heavy (non-hydrogen) atoms. The molecule has 0 radical (unpaired) electrons. The second-order valence-corrected chi connectivity index (χ2v) is 22.9. The molecule has 0 heterocycles. The molecule has 374 valence electrons. The molecule has 1 aliphatic rings. The Kier molecular flexibility index (Phi) is 8.88. The van der Waals surface area contributed by atoms with Crippen LogP contribution < -0.4 is 0 Å². The smallest absolute Gasteiger partial charge is 0.000739 e. The van der Waals surface area contributed by atoms with Crippen molar-refractivity contribution in [3.05, 3.63) is 279 Å². The van der Waals surface area contributed by atoms with E-state index in [1.807, 2.05) is 0 Å². The van der Waals surface area contributed by atoms with Crippen molar-refractivity contribution in [2.24, 2.45) is 0 Å². The Balaban J connectivity index is 1.05. The van der Waals surface area contributed by atoms with Crippen LogP contribution in [0.3, 0.4) is 0 Å². The lowest BCUT2D eigenvalue weighted by atomic mass is 9.83. The zero-order valence-corrected chi connectivity index (χ0v) is 44.6. The Bertz CT molecular complexity index is 5240. The highest BCUT2D eigenvalue weighted by Crippen LogP contribution is 2.58. The summed E-state index contributed by atoms with van der Waals surface area (Å²) in [5, 5.41) is 26.1. The highest BCUT2D eigenvalue weighted by molar-refractivity contribution is 6.47. The molecule has 0 spiro atoms. The highest BCUT2D eigenvalue weighted by atomic mass is 14.3. The van der Waals surface area contributed by atoms with Crippen LogP contribution in [0.2, 0.25) is 0 Å². The van der Waals surface area contributed by atoms with E-state index >= 15 is 0 Å². The molecule has 0 unspecified atom stereocenters. The molecular formula is C82H46. The van der Waals surface area contributed by atoms with Gasteiger partial charge in [-0.15, -0.1) is 0 Å². The van der Waals surface area contributed by atoms with Crippen molar-refractivity contribution in [3.8, 4) is 89.0 Å². The molecule has 0 atom stereocenters. The van der Waals surface area contributed by atoms with Crippen molar-refractivity contribution in [3.63, 3.8) is 0 Å². The third kappa shape index (κ3) is 6.00. The van der Waals surface area contributed by atoms with Crippen molar-refractivity contribution in [2.75, 3.05) is 0 Å². The summed E-state index contributed by atoms with van der Waals surface area (Å²) in [5.74, 6) is 0. The van der Waals surface area contributed by atoms with E-state index in [4.69, 9.17) is 0 Å². The average Bonchev–Trinajstić information content (AvgIpc) is 2.49. The molecule has 0 aliphatic heterocycles. The number of benzene rings is 16. The van der Waals surface area contributed by atoms with Gasteiger partial charge in [-0.25, -0.2) is 0 Å². The molecule has 18 aromatic carbocycles. The van der Waals surface area contributed by atoms with E-state index in [-0.39, 0.29) is 0 Å². The lowest BCUT2D eigenvalue weighted by Gasteiger charge is -2.20. The van der Waals surface area contributed by atoms with E-state index < -0.39 is 0 Å². The molecule has 0 amide bonds. The molecule has 0 fully saturated rings.